The smallest absolute Gasteiger partial charge is 0.350 e. The molecule has 1 fully saturated rings. The highest BCUT2D eigenvalue weighted by Crippen LogP contribution is 2.41. The molecular weight excluding hydrogens is 589 g/mol. The molecule has 2 aliphatic heterocycles. The summed E-state index contributed by atoms with van der Waals surface area (Å²) in [6.07, 6.45) is 2.91. The van der Waals surface area contributed by atoms with Crippen molar-refractivity contribution in [2.45, 2.75) is 39.2 Å². The normalized spacial score (nSPS) is 16.5. The lowest BCUT2D eigenvalue weighted by atomic mass is 10.0. The van der Waals surface area contributed by atoms with Gasteiger partial charge in [0.25, 0.3) is 0 Å². The lowest BCUT2D eigenvalue weighted by molar-refractivity contribution is -0.126. The van der Waals surface area contributed by atoms with Crippen LogP contribution in [0.3, 0.4) is 0 Å². The van der Waals surface area contributed by atoms with Gasteiger partial charge in [0, 0.05) is 37.4 Å². The van der Waals surface area contributed by atoms with Gasteiger partial charge in [-0.1, -0.05) is 49.7 Å². The summed E-state index contributed by atoms with van der Waals surface area (Å²) in [5, 5.41) is 4.11. The molecule has 3 aromatic heterocycles. The Hall–Kier alpha value is -4.28. The van der Waals surface area contributed by atoms with E-state index in [0.29, 0.717) is 75.4 Å². The molecule has 1 atom stereocenters. The molecule has 1 aromatic carbocycles. The van der Waals surface area contributed by atoms with Crippen LogP contribution in [-0.4, -0.2) is 61.9 Å². The van der Waals surface area contributed by atoms with Gasteiger partial charge >= 0.3 is 5.69 Å². The van der Waals surface area contributed by atoms with Gasteiger partial charge in [-0.05, 0) is 48.7 Å². The molecule has 220 valence electrons. The number of fused-ring (bicyclic) bond motifs is 5. The Morgan fingerprint density at radius 3 is 2.65 bits per heavy atom. The summed E-state index contributed by atoms with van der Waals surface area (Å²) in [5.74, 6) is -0.121. The number of aromatic nitrogens is 4. The molecular formula is C31H29Cl2N7O3. The Bertz CT molecular complexity index is 1890. The number of halogens is 2. The Kier molecular flexibility index (Phi) is 7.43. The van der Waals surface area contributed by atoms with Gasteiger partial charge in [0.1, 0.15) is 5.82 Å². The predicted octanol–water partition coefficient (Wildman–Crippen LogP) is 4.99. The highest BCUT2D eigenvalue weighted by molar-refractivity contribution is 6.37. The van der Waals surface area contributed by atoms with Crippen LogP contribution in [-0.2, 0) is 16.0 Å². The number of hydrogen-bond donors (Lipinski definition) is 1. The largest absolute Gasteiger partial charge is 0.355 e. The molecule has 0 spiro atoms. The molecule has 12 heteroatoms. The summed E-state index contributed by atoms with van der Waals surface area (Å²) in [5.41, 5.74) is 2.64. The maximum absolute atomic E-state index is 14.2. The van der Waals surface area contributed by atoms with Gasteiger partial charge in [-0.3, -0.25) is 14.6 Å². The van der Waals surface area contributed by atoms with Crippen molar-refractivity contribution in [2.75, 3.05) is 29.9 Å². The van der Waals surface area contributed by atoms with E-state index in [2.05, 4.69) is 21.9 Å². The monoisotopic (exact) mass is 617 g/mol. The van der Waals surface area contributed by atoms with E-state index in [9.17, 15) is 14.4 Å². The Morgan fingerprint density at radius 1 is 1.14 bits per heavy atom. The zero-order valence-electron chi connectivity index (χ0n) is 23.9. The van der Waals surface area contributed by atoms with Crippen LogP contribution in [0.15, 0.2) is 54.0 Å². The van der Waals surface area contributed by atoms with Gasteiger partial charge in [-0.25, -0.2) is 14.3 Å². The van der Waals surface area contributed by atoms with Crippen LogP contribution in [0.4, 0.5) is 11.5 Å². The first-order valence-corrected chi connectivity index (χ1v) is 14.7. The minimum Gasteiger partial charge on any atom is -0.350 e. The van der Waals surface area contributed by atoms with Crippen LogP contribution >= 0.6 is 23.2 Å². The molecule has 1 saturated heterocycles. The molecule has 4 aromatic rings. The molecule has 6 rings (SSSR count). The maximum Gasteiger partial charge on any atom is 0.355 e. The van der Waals surface area contributed by atoms with Crippen molar-refractivity contribution in [3.8, 4) is 16.9 Å². The molecule has 0 radical (unpaired) electrons. The second-order valence-corrected chi connectivity index (χ2v) is 11.8. The summed E-state index contributed by atoms with van der Waals surface area (Å²) in [6.45, 7) is 10.8. The topological polar surface area (TPSA) is 113 Å². The van der Waals surface area contributed by atoms with Crippen molar-refractivity contribution in [1.29, 1.82) is 0 Å². The number of carbonyl (C=O) groups excluding carboxylic acids is 2. The molecule has 2 amide bonds. The zero-order chi connectivity index (χ0) is 30.6. The lowest BCUT2D eigenvalue weighted by Crippen LogP contribution is -2.54. The van der Waals surface area contributed by atoms with Gasteiger partial charge in [0.2, 0.25) is 11.8 Å². The van der Waals surface area contributed by atoms with Crippen LogP contribution in [0.25, 0.3) is 28.0 Å². The van der Waals surface area contributed by atoms with Crippen LogP contribution in [0.5, 0.6) is 0 Å². The molecule has 10 nitrogen and oxygen atoms in total. The van der Waals surface area contributed by atoms with Gasteiger partial charge in [0.15, 0.2) is 5.65 Å². The number of benzene rings is 1. The number of nitrogens with one attached hydrogen (secondary N) is 1. The van der Waals surface area contributed by atoms with Crippen molar-refractivity contribution < 1.29 is 9.59 Å². The first-order chi connectivity index (χ1) is 20.6. The summed E-state index contributed by atoms with van der Waals surface area (Å²) in [7, 11) is 0. The van der Waals surface area contributed by atoms with E-state index in [4.69, 9.17) is 28.2 Å². The van der Waals surface area contributed by atoms with Gasteiger partial charge < -0.3 is 15.1 Å². The minimum absolute atomic E-state index is 0.0285. The standard InChI is InChI=1S/C31H29Cl2N7O3/c1-5-24(42)38-11-12-39(17(4)15-38)29-19-14-21(33)27-25-20(32)7-6-8-22(25)35-23(41)13-18-9-10-34-26(16(2)3)28(18)40(30(19)36-27)31(43)37-29/h5-10,14,16-17H,1,11-13,15H2,2-4H3,(H,35,41)/t17-/m0/s1. The highest BCUT2D eigenvalue weighted by atomic mass is 35.5. The first-order valence-electron chi connectivity index (χ1n) is 14.0. The fourth-order valence-corrected chi connectivity index (χ4v) is 6.38. The Morgan fingerprint density at radius 2 is 1.93 bits per heavy atom. The number of carbonyl (C=O) groups is 2. The number of piperazine rings is 1. The average Bonchev–Trinajstić information content (AvgIpc) is 2.98. The summed E-state index contributed by atoms with van der Waals surface area (Å²) in [6, 6.07) is 8.48. The fraction of sp³-hybridized carbons (Fsp3) is 0.290. The van der Waals surface area contributed by atoms with Gasteiger partial charge in [-0.15, -0.1) is 0 Å². The molecule has 0 saturated carbocycles. The number of amides is 2. The van der Waals surface area contributed by atoms with E-state index in [-0.39, 0.29) is 35.2 Å². The quantitative estimate of drug-likeness (QED) is 0.322. The summed E-state index contributed by atoms with van der Waals surface area (Å²) in [4.78, 5) is 57.8. The van der Waals surface area contributed by atoms with Crippen LogP contribution in [0.2, 0.25) is 10.0 Å². The third-order valence-electron chi connectivity index (χ3n) is 7.87. The second-order valence-electron chi connectivity index (χ2n) is 11.0. The first kappa shape index (κ1) is 28.8. The van der Waals surface area contributed by atoms with Crippen molar-refractivity contribution in [3.05, 3.63) is 81.0 Å². The van der Waals surface area contributed by atoms with E-state index in [1.807, 2.05) is 25.7 Å². The second kappa shape index (κ2) is 11.1. The van der Waals surface area contributed by atoms with Crippen LogP contribution < -0.4 is 15.9 Å². The van der Waals surface area contributed by atoms with Gasteiger partial charge in [-0.2, -0.15) is 4.98 Å². The number of pyridine rings is 2. The lowest BCUT2D eigenvalue weighted by Gasteiger charge is -2.40. The third kappa shape index (κ3) is 4.94. The van der Waals surface area contributed by atoms with E-state index in [1.54, 1.807) is 41.4 Å². The number of nitrogens with zero attached hydrogens (tertiary/aromatic N) is 6. The van der Waals surface area contributed by atoms with E-state index in [0.717, 1.165) is 0 Å². The van der Waals surface area contributed by atoms with Crippen molar-refractivity contribution >= 4 is 57.6 Å². The SMILES string of the molecule is C=CC(=O)N1CCN(c2nc(=O)n3c4nc(c(Cl)cc24)-c2c(Cl)cccc2NC(=O)Cc2ccnc(C(C)C)c2-3)[C@@H](C)C1. The average molecular weight is 619 g/mol. The molecule has 1 N–H and O–H groups in total. The van der Waals surface area contributed by atoms with E-state index in [1.165, 1.54) is 10.6 Å². The van der Waals surface area contributed by atoms with E-state index < -0.39 is 5.69 Å². The fourth-order valence-electron chi connectivity index (χ4n) is 5.87. The van der Waals surface area contributed by atoms with Crippen molar-refractivity contribution in [3.63, 3.8) is 0 Å². The van der Waals surface area contributed by atoms with Crippen molar-refractivity contribution in [1.82, 2.24) is 24.4 Å². The predicted molar refractivity (Wildman–Crippen MR) is 168 cm³/mol. The van der Waals surface area contributed by atoms with Gasteiger partial charge in [0.05, 0.1) is 44.6 Å². The zero-order valence-corrected chi connectivity index (χ0v) is 25.4. The molecule has 0 aliphatic carbocycles. The summed E-state index contributed by atoms with van der Waals surface area (Å²) < 4.78 is 1.44. The molecule has 5 heterocycles. The highest BCUT2D eigenvalue weighted by Gasteiger charge is 2.31. The minimum atomic E-state index is -0.574. The molecule has 2 bridgehead atoms. The van der Waals surface area contributed by atoms with Crippen LogP contribution in [0, 0.1) is 0 Å². The van der Waals surface area contributed by atoms with Crippen molar-refractivity contribution in [2.24, 2.45) is 0 Å². The van der Waals surface area contributed by atoms with E-state index >= 15 is 0 Å². The molecule has 0 unspecified atom stereocenters. The van der Waals surface area contributed by atoms with Crippen LogP contribution in [0.1, 0.15) is 37.9 Å². The maximum atomic E-state index is 14.2. The Labute approximate surface area is 258 Å². The number of rotatable bonds is 3. The third-order valence-corrected chi connectivity index (χ3v) is 8.47. The molecule has 43 heavy (non-hydrogen) atoms. The Balaban J connectivity index is 1.70. The molecule has 2 aliphatic rings. The summed E-state index contributed by atoms with van der Waals surface area (Å²) >= 11 is 13.6. The number of hydrogen-bond acceptors (Lipinski definition) is 7. The number of anilines is 2.